The van der Waals surface area contributed by atoms with E-state index in [0.29, 0.717) is 16.7 Å². The van der Waals surface area contributed by atoms with Gasteiger partial charge in [-0.1, -0.05) is 0 Å². The summed E-state index contributed by atoms with van der Waals surface area (Å²) in [4.78, 5) is 39.8. The van der Waals surface area contributed by atoms with Gasteiger partial charge in [0, 0.05) is 42.8 Å². The SMILES string of the molecule is CC(=O)Nc1ncc(CN2CCC(Cc3cnc(C(=O)NC(C)(C)C)cn3)C2)s1. The van der Waals surface area contributed by atoms with Gasteiger partial charge in [0.05, 0.1) is 11.9 Å². The number of hydrogen-bond donors (Lipinski definition) is 2. The maximum atomic E-state index is 12.1. The van der Waals surface area contributed by atoms with E-state index < -0.39 is 0 Å². The van der Waals surface area contributed by atoms with Crippen molar-refractivity contribution in [3.63, 3.8) is 0 Å². The second-order valence-electron chi connectivity index (χ2n) is 8.50. The highest BCUT2D eigenvalue weighted by atomic mass is 32.1. The molecule has 2 N–H and O–H groups in total. The molecule has 0 saturated carbocycles. The van der Waals surface area contributed by atoms with E-state index in [0.717, 1.165) is 43.0 Å². The van der Waals surface area contributed by atoms with Crippen LogP contribution in [0.2, 0.25) is 0 Å². The van der Waals surface area contributed by atoms with Gasteiger partial charge in [-0.2, -0.15) is 0 Å². The van der Waals surface area contributed by atoms with Crippen LogP contribution in [-0.4, -0.2) is 50.3 Å². The van der Waals surface area contributed by atoms with Crippen LogP contribution in [0.4, 0.5) is 5.13 Å². The summed E-state index contributed by atoms with van der Waals surface area (Å²) in [5, 5.41) is 6.26. The van der Waals surface area contributed by atoms with E-state index in [9.17, 15) is 9.59 Å². The Bertz CT molecular complexity index is 859. The lowest BCUT2D eigenvalue weighted by molar-refractivity contribution is -0.114. The zero-order valence-corrected chi connectivity index (χ0v) is 18.2. The molecule has 1 saturated heterocycles. The van der Waals surface area contributed by atoms with Crippen LogP contribution in [0.1, 0.15) is 55.2 Å². The van der Waals surface area contributed by atoms with Crippen LogP contribution in [0.3, 0.4) is 0 Å². The van der Waals surface area contributed by atoms with Gasteiger partial charge in [-0.3, -0.25) is 19.5 Å². The van der Waals surface area contributed by atoms with Crippen molar-refractivity contribution in [2.75, 3.05) is 18.4 Å². The van der Waals surface area contributed by atoms with E-state index in [2.05, 4.69) is 30.5 Å². The predicted octanol–water partition coefficient (Wildman–Crippen LogP) is 2.48. The lowest BCUT2D eigenvalue weighted by Crippen LogP contribution is -2.41. The van der Waals surface area contributed by atoms with Gasteiger partial charge in [0.1, 0.15) is 5.69 Å². The first-order chi connectivity index (χ1) is 13.7. The molecule has 3 rings (SSSR count). The van der Waals surface area contributed by atoms with Crippen LogP contribution in [-0.2, 0) is 17.8 Å². The van der Waals surface area contributed by atoms with Crippen molar-refractivity contribution in [1.29, 1.82) is 0 Å². The molecule has 29 heavy (non-hydrogen) atoms. The maximum absolute atomic E-state index is 12.1. The highest BCUT2D eigenvalue weighted by Crippen LogP contribution is 2.25. The molecule has 1 aliphatic heterocycles. The Labute approximate surface area is 175 Å². The molecule has 1 atom stereocenters. The minimum absolute atomic E-state index is 0.102. The van der Waals surface area contributed by atoms with Crippen molar-refractivity contribution in [2.45, 2.75) is 52.6 Å². The van der Waals surface area contributed by atoms with Gasteiger partial charge in [0.2, 0.25) is 5.91 Å². The van der Waals surface area contributed by atoms with Crippen molar-refractivity contribution < 1.29 is 9.59 Å². The van der Waals surface area contributed by atoms with Crippen LogP contribution in [0.15, 0.2) is 18.6 Å². The fraction of sp³-hybridized carbons (Fsp3) is 0.550. The van der Waals surface area contributed by atoms with Gasteiger partial charge in [-0.15, -0.1) is 11.3 Å². The smallest absolute Gasteiger partial charge is 0.271 e. The minimum atomic E-state index is -0.300. The van der Waals surface area contributed by atoms with E-state index in [1.54, 1.807) is 12.4 Å². The van der Waals surface area contributed by atoms with E-state index in [-0.39, 0.29) is 17.4 Å². The summed E-state index contributed by atoms with van der Waals surface area (Å²) in [7, 11) is 0. The Morgan fingerprint density at radius 1 is 1.21 bits per heavy atom. The monoisotopic (exact) mass is 416 g/mol. The Hall–Kier alpha value is -2.39. The molecule has 0 aromatic carbocycles. The Balaban J connectivity index is 1.49. The molecular formula is C20H28N6O2S. The van der Waals surface area contributed by atoms with Crippen LogP contribution < -0.4 is 10.6 Å². The van der Waals surface area contributed by atoms with E-state index in [1.807, 2.05) is 27.0 Å². The molecule has 1 unspecified atom stereocenters. The summed E-state index contributed by atoms with van der Waals surface area (Å²) >= 11 is 1.52. The third-order valence-corrected chi connectivity index (χ3v) is 5.41. The van der Waals surface area contributed by atoms with Gasteiger partial charge >= 0.3 is 0 Å². The molecule has 0 aliphatic carbocycles. The number of carbonyl (C=O) groups is 2. The summed E-state index contributed by atoms with van der Waals surface area (Å²) < 4.78 is 0. The molecule has 0 spiro atoms. The number of rotatable bonds is 6. The normalized spacial score (nSPS) is 17.3. The summed E-state index contributed by atoms with van der Waals surface area (Å²) in [5.41, 5.74) is 0.956. The number of nitrogens with zero attached hydrogens (tertiary/aromatic N) is 4. The summed E-state index contributed by atoms with van der Waals surface area (Å²) in [6.45, 7) is 10.1. The fourth-order valence-electron chi connectivity index (χ4n) is 3.31. The number of aromatic nitrogens is 3. The maximum Gasteiger partial charge on any atom is 0.271 e. The van der Waals surface area contributed by atoms with Crippen molar-refractivity contribution in [3.05, 3.63) is 34.9 Å². The summed E-state index contributed by atoms with van der Waals surface area (Å²) in [6, 6.07) is 0. The zero-order chi connectivity index (χ0) is 21.0. The van der Waals surface area contributed by atoms with Crippen molar-refractivity contribution in [1.82, 2.24) is 25.2 Å². The van der Waals surface area contributed by atoms with Gasteiger partial charge < -0.3 is 10.6 Å². The topological polar surface area (TPSA) is 100 Å². The average Bonchev–Trinajstić information content (AvgIpc) is 3.23. The number of nitrogens with one attached hydrogen (secondary N) is 2. The molecule has 1 aliphatic rings. The molecule has 2 amide bonds. The number of thiazole rings is 1. The number of hydrogen-bond acceptors (Lipinski definition) is 7. The van der Waals surface area contributed by atoms with E-state index in [1.165, 1.54) is 18.3 Å². The quantitative estimate of drug-likeness (QED) is 0.750. The van der Waals surface area contributed by atoms with Crippen molar-refractivity contribution in [3.8, 4) is 0 Å². The molecule has 156 valence electrons. The second kappa shape index (κ2) is 8.96. The first-order valence-electron chi connectivity index (χ1n) is 9.76. The lowest BCUT2D eigenvalue weighted by Gasteiger charge is -2.20. The summed E-state index contributed by atoms with van der Waals surface area (Å²) in [5.74, 6) is 0.211. The number of amides is 2. The molecule has 2 aromatic heterocycles. The third kappa shape index (κ3) is 6.57. The molecule has 3 heterocycles. The van der Waals surface area contributed by atoms with Gasteiger partial charge in [0.25, 0.3) is 5.91 Å². The Morgan fingerprint density at radius 3 is 2.66 bits per heavy atom. The molecule has 9 heteroatoms. The predicted molar refractivity (Wildman–Crippen MR) is 113 cm³/mol. The average molecular weight is 417 g/mol. The number of likely N-dealkylation sites (tertiary alicyclic amines) is 1. The van der Waals surface area contributed by atoms with Gasteiger partial charge in [-0.05, 0) is 46.1 Å². The number of anilines is 1. The van der Waals surface area contributed by atoms with Crippen LogP contribution >= 0.6 is 11.3 Å². The second-order valence-corrected chi connectivity index (χ2v) is 9.62. The molecule has 2 aromatic rings. The standard InChI is InChI=1S/C20H28N6O2S/c1-13(27)24-19-23-9-16(29-19)12-26-6-5-14(11-26)7-15-8-22-17(10-21-15)18(28)25-20(2,3)4/h8-10,14H,5-7,11-12H2,1-4H3,(H,25,28)(H,23,24,27). The van der Waals surface area contributed by atoms with Crippen molar-refractivity contribution in [2.24, 2.45) is 5.92 Å². The first kappa shape index (κ1) is 21.3. The fourth-order valence-corrected chi connectivity index (χ4v) is 4.21. The van der Waals surface area contributed by atoms with Gasteiger partial charge in [0.15, 0.2) is 5.13 Å². The molecule has 0 radical (unpaired) electrons. The zero-order valence-electron chi connectivity index (χ0n) is 17.4. The third-order valence-electron chi connectivity index (χ3n) is 4.51. The molecule has 0 bridgehead atoms. The van der Waals surface area contributed by atoms with Gasteiger partial charge in [-0.25, -0.2) is 9.97 Å². The Morgan fingerprint density at radius 2 is 2.00 bits per heavy atom. The lowest BCUT2D eigenvalue weighted by atomic mass is 10.0. The van der Waals surface area contributed by atoms with E-state index in [4.69, 9.17) is 0 Å². The molecule has 8 nitrogen and oxygen atoms in total. The van der Waals surface area contributed by atoms with Crippen LogP contribution in [0, 0.1) is 5.92 Å². The van der Waals surface area contributed by atoms with Crippen LogP contribution in [0.5, 0.6) is 0 Å². The molecule has 1 fully saturated rings. The minimum Gasteiger partial charge on any atom is -0.346 e. The Kier molecular flexibility index (Phi) is 6.59. The first-order valence-corrected chi connectivity index (χ1v) is 10.6. The largest absolute Gasteiger partial charge is 0.346 e. The van der Waals surface area contributed by atoms with Crippen LogP contribution in [0.25, 0.3) is 0 Å². The molecular weight excluding hydrogens is 388 g/mol. The highest BCUT2D eigenvalue weighted by molar-refractivity contribution is 7.15. The van der Waals surface area contributed by atoms with Crippen molar-refractivity contribution >= 4 is 28.3 Å². The van der Waals surface area contributed by atoms with E-state index >= 15 is 0 Å². The number of carbonyl (C=O) groups excluding carboxylic acids is 2. The highest BCUT2D eigenvalue weighted by Gasteiger charge is 2.24. The summed E-state index contributed by atoms with van der Waals surface area (Å²) in [6.07, 6.45) is 7.05.